The zero-order valence-electron chi connectivity index (χ0n) is 15.1. The zero-order valence-corrected chi connectivity index (χ0v) is 15.1. The second kappa shape index (κ2) is 7.13. The first-order valence-corrected chi connectivity index (χ1v) is 8.61. The molecule has 2 aromatic rings. The van der Waals surface area contributed by atoms with Gasteiger partial charge in [-0.25, -0.2) is 9.78 Å². The van der Waals surface area contributed by atoms with Gasteiger partial charge in [-0.15, -0.1) is 0 Å². The van der Waals surface area contributed by atoms with Crippen LogP contribution in [0.3, 0.4) is 0 Å². The summed E-state index contributed by atoms with van der Waals surface area (Å²) < 4.78 is 7.41. The third-order valence-corrected chi connectivity index (χ3v) is 4.00. The largest absolute Gasteiger partial charge is 0.443 e. The molecule has 0 atom stereocenters. The number of para-hydroxylation sites is 2. The Hall–Kier alpha value is -2.57. The Bertz CT molecular complexity index is 709. The average Bonchev–Trinajstić information content (AvgIpc) is 2.99. The van der Waals surface area contributed by atoms with Crippen LogP contribution in [0.15, 0.2) is 36.9 Å². The van der Waals surface area contributed by atoms with Gasteiger partial charge in [-0.2, -0.15) is 5.10 Å². The standard InChI is InChI=1S/C18H25N5O2/c1-18(2,3)25-17(24)23-10-6-9-21(11-12-22-14-19-13-20-22)15-7-4-5-8-16(15)23/h4-5,7-8,13-14H,6,9-12H2,1-3H3. The molecule has 7 heteroatoms. The van der Waals surface area contributed by atoms with Crippen LogP contribution in [0, 0.1) is 0 Å². The molecule has 134 valence electrons. The lowest BCUT2D eigenvalue weighted by Crippen LogP contribution is -2.37. The highest BCUT2D eigenvalue weighted by Crippen LogP contribution is 2.33. The highest BCUT2D eigenvalue weighted by atomic mass is 16.6. The molecule has 25 heavy (non-hydrogen) atoms. The predicted octanol–water partition coefficient (Wildman–Crippen LogP) is 2.93. The minimum atomic E-state index is -0.509. The van der Waals surface area contributed by atoms with Crippen molar-refractivity contribution >= 4 is 17.5 Å². The first-order chi connectivity index (χ1) is 11.9. The van der Waals surface area contributed by atoms with Crippen LogP contribution >= 0.6 is 0 Å². The van der Waals surface area contributed by atoms with Gasteiger partial charge in [-0.1, -0.05) is 12.1 Å². The predicted molar refractivity (Wildman–Crippen MR) is 96.9 cm³/mol. The number of benzene rings is 1. The summed E-state index contributed by atoms with van der Waals surface area (Å²) in [6.07, 6.45) is 3.85. The number of fused-ring (bicyclic) bond motifs is 1. The molecule has 3 rings (SSSR count). The maximum atomic E-state index is 12.6. The van der Waals surface area contributed by atoms with E-state index in [1.807, 2.05) is 43.7 Å². The Morgan fingerprint density at radius 1 is 1.16 bits per heavy atom. The first-order valence-electron chi connectivity index (χ1n) is 8.61. The molecule has 1 aromatic heterocycles. The van der Waals surface area contributed by atoms with Crippen LogP contribution in [0.5, 0.6) is 0 Å². The van der Waals surface area contributed by atoms with Crippen LogP contribution in [0.4, 0.5) is 16.2 Å². The SMILES string of the molecule is CC(C)(C)OC(=O)N1CCCN(CCn2cncn2)c2ccccc21. The lowest BCUT2D eigenvalue weighted by atomic mass is 10.2. The van der Waals surface area contributed by atoms with Gasteiger partial charge >= 0.3 is 6.09 Å². The van der Waals surface area contributed by atoms with Gasteiger partial charge in [0, 0.05) is 19.6 Å². The smallest absolute Gasteiger partial charge is 0.414 e. The Balaban J connectivity index is 1.81. The normalized spacial score (nSPS) is 14.8. The number of ether oxygens (including phenoxy) is 1. The van der Waals surface area contributed by atoms with E-state index in [0.29, 0.717) is 6.54 Å². The molecule has 7 nitrogen and oxygen atoms in total. The Labute approximate surface area is 148 Å². The van der Waals surface area contributed by atoms with Gasteiger partial charge in [0.1, 0.15) is 18.3 Å². The zero-order chi connectivity index (χ0) is 17.9. The van der Waals surface area contributed by atoms with E-state index in [0.717, 1.165) is 37.4 Å². The summed E-state index contributed by atoms with van der Waals surface area (Å²) in [7, 11) is 0. The molecular formula is C18H25N5O2. The third-order valence-electron chi connectivity index (χ3n) is 4.00. The summed E-state index contributed by atoms with van der Waals surface area (Å²) in [5.74, 6) is 0. The summed E-state index contributed by atoms with van der Waals surface area (Å²) in [5.41, 5.74) is 1.43. The van der Waals surface area contributed by atoms with Crippen molar-refractivity contribution in [2.75, 3.05) is 29.4 Å². The van der Waals surface area contributed by atoms with Crippen molar-refractivity contribution in [3.05, 3.63) is 36.9 Å². The topological polar surface area (TPSA) is 63.5 Å². The van der Waals surface area contributed by atoms with Crippen molar-refractivity contribution < 1.29 is 9.53 Å². The minimum Gasteiger partial charge on any atom is -0.443 e. The minimum absolute atomic E-state index is 0.293. The van der Waals surface area contributed by atoms with Crippen molar-refractivity contribution in [1.29, 1.82) is 0 Å². The second-order valence-corrected chi connectivity index (χ2v) is 7.12. The molecule has 0 radical (unpaired) electrons. The number of aromatic nitrogens is 3. The quantitative estimate of drug-likeness (QED) is 0.857. The lowest BCUT2D eigenvalue weighted by Gasteiger charge is -2.28. The molecule has 1 aliphatic heterocycles. The molecule has 0 N–H and O–H groups in total. The molecule has 0 aliphatic carbocycles. The van der Waals surface area contributed by atoms with Gasteiger partial charge in [0.2, 0.25) is 0 Å². The van der Waals surface area contributed by atoms with Crippen molar-refractivity contribution in [2.24, 2.45) is 0 Å². The summed E-state index contributed by atoms with van der Waals surface area (Å²) >= 11 is 0. The van der Waals surface area contributed by atoms with Crippen LogP contribution in [0.2, 0.25) is 0 Å². The first kappa shape index (κ1) is 17.3. The van der Waals surface area contributed by atoms with Crippen molar-refractivity contribution in [2.45, 2.75) is 39.3 Å². The van der Waals surface area contributed by atoms with E-state index < -0.39 is 5.60 Å². The fraction of sp³-hybridized carbons (Fsp3) is 0.500. The van der Waals surface area contributed by atoms with E-state index in [1.165, 1.54) is 0 Å². The number of anilines is 2. The number of carbonyl (C=O) groups excluding carboxylic acids is 1. The van der Waals surface area contributed by atoms with E-state index >= 15 is 0 Å². The second-order valence-electron chi connectivity index (χ2n) is 7.12. The summed E-state index contributed by atoms with van der Waals surface area (Å²) in [4.78, 5) is 20.7. The summed E-state index contributed by atoms with van der Waals surface area (Å²) in [5, 5.41) is 4.16. The van der Waals surface area contributed by atoms with E-state index in [-0.39, 0.29) is 6.09 Å². The van der Waals surface area contributed by atoms with Crippen LogP contribution in [0.25, 0.3) is 0 Å². The van der Waals surface area contributed by atoms with Gasteiger partial charge in [0.15, 0.2) is 0 Å². The Kier molecular flexibility index (Phi) is 4.92. The van der Waals surface area contributed by atoms with Gasteiger partial charge < -0.3 is 9.64 Å². The number of hydrogen-bond acceptors (Lipinski definition) is 5. The van der Waals surface area contributed by atoms with E-state index in [9.17, 15) is 4.79 Å². The van der Waals surface area contributed by atoms with Crippen molar-refractivity contribution in [3.63, 3.8) is 0 Å². The molecule has 0 unspecified atom stereocenters. The van der Waals surface area contributed by atoms with Crippen LogP contribution in [-0.2, 0) is 11.3 Å². The fourth-order valence-corrected chi connectivity index (χ4v) is 2.93. The van der Waals surface area contributed by atoms with Gasteiger partial charge in [0.25, 0.3) is 0 Å². The molecule has 1 aliphatic rings. The van der Waals surface area contributed by atoms with Crippen molar-refractivity contribution in [1.82, 2.24) is 14.8 Å². The average molecular weight is 343 g/mol. The Morgan fingerprint density at radius 2 is 1.92 bits per heavy atom. The van der Waals surface area contributed by atoms with Crippen LogP contribution in [-0.4, -0.2) is 46.1 Å². The molecule has 0 saturated carbocycles. The fourth-order valence-electron chi connectivity index (χ4n) is 2.93. The highest BCUT2D eigenvalue weighted by Gasteiger charge is 2.28. The number of amides is 1. The number of nitrogens with zero attached hydrogens (tertiary/aromatic N) is 5. The molecular weight excluding hydrogens is 318 g/mol. The lowest BCUT2D eigenvalue weighted by molar-refractivity contribution is 0.0581. The number of hydrogen-bond donors (Lipinski definition) is 0. The molecule has 0 saturated heterocycles. The van der Waals surface area contributed by atoms with E-state index in [1.54, 1.807) is 17.6 Å². The molecule has 2 heterocycles. The molecule has 0 bridgehead atoms. The third kappa shape index (κ3) is 4.29. The monoisotopic (exact) mass is 343 g/mol. The van der Waals surface area contributed by atoms with E-state index in [2.05, 4.69) is 21.0 Å². The molecule has 0 spiro atoms. The van der Waals surface area contributed by atoms with Crippen LogP contribution < -0.4 is 9.80 Å². The van der Waals surface area contributed by atoms with Gasteiger partial charge in [-0.05, 0) is 39.3 Å². The van der Waals surface area contributed by atoms with Crippen molar-refractivity contribution in [3.8, 4) is 0 Å². The summed E-state index contributed by atoms with van der Waals surface area (Å²) in [6, 6.07) is 7.99. The molecule has 0 fully saturated rings. The van der Waals surface area contributed by atoms with Gasteiger partial charge in [-0.3, -0.25) is 9.58 Å². The summed E-state index contributed by atoms with van der Waals surface area (Å²) in [6.45, 7) is 8.75. The maximum Gasteiger partial charge on any atom is 0.414 e. The van der Waals surface area contributed by atoms with Gasteiger partial charge in [0.05, 0.1) is 17.9 Å². The highest BCUT2D eigenvalue weighted by molar-refractivity contribution is 5.93. The molecule has 1 amide bonds. The molecule has 1 aromatic carbocycles. The Morgan fingerprint density at radius 3 is 2.60 bits per heavy atom. The van der Waals surface area contributed by atoms with Crippen LogP contribution in [0.1, 0.15) is 27.2 Å². The maximum absolute atomic E-state index is 12.6. The number of carbonyl (C=O) groups is 1. The van der Waals surface area contributed by atoms with E-state index in [4.69, 9.17) is 4.74 Å². The number of rotatable bonds is 3.